The molecule has 2 N–H and O–H groups in total. The smallest absolute Gasteiger partial charge is 0.191 e. The van der Waals surface area contributed by atoms with Crippen LogP contribution < -0.4 is 10.6 Å². The van der Waals surface area contributed by atoms with Gasteiger partial charge in [0, 0.05) is 51.0 Å². The molecular formula is C16H27N5. The van der Waals surface area contributed by atoms with Gasteiger partial charge in [0.25, 0.3) is 0 Å². The summed E-state index contributed by atoms with van der Waals surface area (Å²) in [5, 5.41) is 6.71. The second-order valence-corrected chi connectivity index (χ2v) is 5.36. The minimum Gasteiger partial charge on any atom is -0.356 e. The number of aromatic nitrogens is 1. The molecule has 1 aromatic rings. The van der Waals surface area contributed by atoms with Crippen LogP contribution in [0.15, 0.2) is 29.4 Å². The Balaban J connectivity index is 1.61. The standard InChI is InChI=1S/C16H27N5/c1-3-21(15-7-8-15)13-12-20-16(17-2)19-11-9-14-6-4-5-10-18-14/h4-6,10,15H,3,7-9,11-13H2,1-2H3,(H2,17,19,20). The van der Waals surface area contributed by atoms with E-state index in [0.717, 1.165) is 50.3 Å². The summed E-state index contributed by atoms with van der Waals surface area (Å²) in [6, 6.07) is 6.84. The number of nitrogens with one attached hydrogen (secondary N) is 2. The highest BCUT2D eigenvalue weighted by atomic mass is 15.2. The van der Waals surface area contributed by atoms with Gasteiger partial charge in [-0.1, -0.05) is 13.0 Å². The van der Waals surface area contributed by atoms with Crippen molar-refractivity contribution in [1.29, 1.82) is 0 Å². The molecule has 0 amide bonds. The summed E-state index contributed by atoms with van der Waals surface area (Å²) in [4.78, 5) is 11.1. The number of pyridine rings is 1. The van der Waals surface area contributed by atoms with Gasteiger partial charge in [0.05, 0.1) is 0 Å². The van der Waals surface area contributed by atoms with Gasteiger partial charge < -0.3 is 10.6 Å². The molecule has 0 aromatic carbocycles. The van der Waals surface area contributed by atoms with Crippen molar-refractivity contribution >= 4 is 5.96 Å². The molecule has 5 nitrogen and oxygen atoms in total. The van der Waals surface area contributed by atoms with Crippen LogP contribution in [0, 0.1) is 0 Å². The number of aliphatic imine (C=N–C) groups is 1. The van der Waals surface area contributed by atoms with Crippen molar-refractivity contribution in [3.8, 4) is 0 Å². The second-order valence-electron chi connectivity index (χ2n) is 5.36. The average Bonchev–Trinajstić information content (AvgIpc) is 3.35. The van der Waals surface area contributed by atoms with Gasteiger partial charge in [0.2, 0.25) is 0 Å². The molecule has 116 valence electrons. The SMILES string of the molecule is CCN(CCNC(=NC)NCCc1ccccn1)C1CC1. The van der Waals surface area contributed by atoms with Crippen LogP contribution >= 0.6 is 0 Å². The quantitative estimate of drug-likeness (QED) is 0.559. The van der Waals surface area contributed by atoms with Gasteiger partial charge in [-0.2, -0.15) is 0 Å². The molecule has 1 fully saturated rings. The number of nitrogens with zero attached hydrogens (tertiary/aromatic N) is 3. The first-order valence-corrected chi connectivity index (χ1v) is 7.92. The van der Waals surface area contributed by atoms with Crippen LogP contribution in [0.5, 0.6) is 0 Å². The van der Waals surface area contributed by atoms with Crippen molar-refractivity contribution in [2.24, 2.45) is 4.99 Å². The molecule has 0 atom stereocenters. The Morgan fingerprint density at radius 1 is 1.33 bits per heavy atom. The molecule has 1 saturated carbocycles. The normalized spacial score (nSPS) is 15.3. The Kier molecular flexibility index (Phi) is 6.47. The van der Waals surface area contributed by atoms with Crippen molar-refractivity contribution in [2.45, 2.75) is 32.2 Å². The molecule has 0 saturated heterocycles. The van der Waals surface area contributed by atoms with Gasteiger partial charge in [0.15, 0.2) is 5.96 Å². The van der Waals surface area contributed by atoms with Crippen molar-refractivity contribution in [3.05, 3.63) is 30.1 Å². The largest absolute Gasteiger partial charge is 0.356 e. The van der Waals surface area contributed by atoms with Crippen molar-refractivity contribution in [1.82, 2.24) is 20.5 Å². The first-order chi connectivity index (χ1) is 10.3. The molecule has 0 unspecified atom stereocenters. The highest BCUT2D eigenvalue weighted by Gasteiger charge is 2.27. The zero-order valence-corrected chi connectivity index (χ0v) is 13.2. The van der Waals surface area contributed by atoms with Gasteiger partial charge >= 0.3 is 0 Å². The van der Waals surface area contributed by atoms with E-state index in [1.807, 2.05) is 31.4 Å². The molecule has 1 aliphatic rings. The predicted octanol–water partition coefficient (Wildman–Crippen LogP) is 1.27. The lowest BCUT2D eigenvalue weighted by Gasteiger charge is -2.20. The molecule has 0 radical (unpaired) electrons. The zero-order chi connectivity index (χ0) is 14.9. The van der Waals surface area contributed by atoms with E-state index in [2.05, 4.69) is 32.4 Å². The molecular weight excluding hydrogens is 262 g/mol. The van der Waals surface area contributed by atoms with Crippen LogP contribution in [0.4, 0.5) is 0 Å². The highest BCUT2D eigenvalue weighted by Crippen LogP contribution is 2.25. The van der Waals surface area contributed by atoms with E-state index in [4.69, 9.17) is 0 Å². The fourth-order valence-electron chi connectivity index (χ4n) is 2.43. The van der Waals surface area contributed by atoms with E-state index >= 15 is 0 Å². The molecule has 5 heteroatoms. The first-order valence-electron chi connectivity index (χ1n) is 7.92. The maximum absolute atomic E-state index is 4.32. The third kappa shape index (κ3) is 5.71. The fraction of sp³-hybridized carbons (Fsp3) is 0.625. The Bertz CT molecular complexity index is 428. The predicted molar refractivity (Wildman–Crippen MR) is 87.6 cm³/mol. The molecule has 0 bridgehead atoms. The van der Waals surface area contributed by atoms with E-state index in [1.165, 1.54) is 12.8 Å². The molecule has 2 rings (SSSR count). The van der Waals surface area contributed by atoms with Crippen LogP contribution in [0.3, 0.4) is 0 Å². The molecule has 1 aliphatic carbocycles. The number of guanidine groups is 1. The Morgan fingerprint density at radius 3 is 2.76 bits per heavy atom. The summed E-state index contributed by atoms with van der Waals surface area (Å²) < 4.78 is 0. The van der Waals surface area contributed by atoms with Crippen LogP contribution in [0.1, 0.15) is 25.5 Å². The number of likely N-dealkylation sites (N-methyl/N-ethyl adjacent to an activating group) is 1. The van der Waals surface area contributed by atoms with Crippen LogP contribution in [0.25, 0.3) is 0 Å². The maximum atomic E-state index is 4.32. The highest BCUT2D eigenvalue weighted by molar-refractivity contribution is 5.79. The molecule has 0 aliphatic heterocycles. The molecule has 1 heterocycles. The Hall–Kier alpha value is -1.62. The van der Waals surface area contributed by atoms with E-state index in [1.54, 1.807) is 0 Å². The van der Waals surface area contributed by atoms with Crippen molar-refractivity contribution in [3.63, 3.8) is 0 Å². The van der Waals surface area contributed by atoms with Crippen LogP contribution in [-0.4, -0.2) is 55.1 Å². The summed E-state index contributed by atoms with van der Waals surface area (Å²) >= 11 is 0. The maximum Gasteiger partial charge on any atom is 0.191 e. The number of hydrogen-bond donors (Lipinski definition) is 2. The van der Waals surface area contributed by atoms with Crippen LogP contribution in [0.2, 0.25) is 0 Å². The van der Waals surface area contributed by atoms with E-state index in [9.17, 15) is 0 Å². The average molecular weight is 289 g/mol. The molecule has 0 spiro atoms. The van der Waals surface area contributed by atoms with E-state index < -0.39 is 0 Å². The fourth-order valence-corrected chi connectivity index (χ4v) is 2.43. The van der Waals surface area contributed by atoms with E-state index in [0.29, 0.717) is 0 Å². The third-order valence-corrected chi connectivity index (χ3v) is 3.78. The zero-order valence-electron chi connectivity index (χ0n) is 13.2. The summed E-state index contributed by atoms with van der Waals surface area (Å²) in [5.74, 6) is 0.873. The summed E-state index contributed by atoms with van der Waals surface area (Å²) in [7, 11) is 1.81. The third-order valence-electron chi connectivity index (χ3n) is 3.78. The van der Waals surface area contributed by atoms with Crippen LogP contribution in [-0.2, 0) is 6.42 Å². The lowest BCUT2D eigenvalue weighted by Crippen LogP contribution is -2.42. The van der Waals surface area contributed by atoms with E-state index in [-0.39, 0.29) is 0 Å². The van der Waals surface area contributed by atoms with Gasteiger partial charge in [-0.3, -0.25) is 14.9 Å². The second kappa shape index (κ2) is 8.62. The summed E-state index contributed by atoms with van der Waals surface area (Å²) in [5.41, 5.74) is 1.10. The Labute approximate surface area is 127 Å². The number of hydrogen-bond acceptors (Lipinski definition) is 3. The van der Waals surface area contributed by atoms with Gasteiger partial charge in [-0.25, -0.2) is 0 Å². The Morgan fingerprint density at radius 2 is 2.14 bits per heavy atom. The monoisotopic (exact) mass is 289 g/mol. The van der Waals surface area contributed by atoms with Crippen molar-refractivity contribution < 1.29 is 0 Å². The summed E-state index contributed by atoms with van der Waals surface area (Å²) in [6.45, 7) is 6.24. The van der Waals surface area contributed by atoms with Gasteiger partial charge in [-0.05, 0) is 31.5 Å². The van der Waals surface area contributed by atoms with Gasteiger partial charge in [0.1, 0.15) is 0 Å². The van der Waals surface area contributed by atoms with Gasteiger partial charge in [-0.15, -0.1) is 0 Å². The number of rotatable bonds is 8. The molecule has 21 heavy (non-hydrogen) atoms. The first kappa shape index (κ1) is 15.8. The molecule has 1 aromatic heterocycles. The van der Waals surface area contributed by atoms with Crippen molar-refractivity contribution in [2.75, 3.05) is 33.2 Å². The summed E-state index contributed by atoms with van der Waals surface area (Å²) in [6.07, 6.45) is 5.47. The lowest BCUT2D eigenvalue weighted by atomic mass is 10.3. The lowest BCUT2D eigenvalue weighted by molar-refractivity contribution is 0.282. The topological polar surface area (TPSA) is 52.5 Å². The minimum absolute atomic E-state index is 0.830. The minimum atomic E-state index is 0.830.